The first-order chi connectivity index (χ1) is 11.1. The highest BCUT2D eigenvalue weighted by atomic mass is 35.5. The minimum Gasteiger partial charge on any atom is -0.482 e. The van der Waals surface area contributed by atoms with Gasteiger partial charge in [-0.25, -0.2) is 9.97 Å². The Hall–Kier alpha value is -2.80. The van der Waals surface area contributed by atoms with Gasteiger partial charge >= 0.3 is 0 Å². The number of nitrogens with one attached hydrogen (secondary N) is 2. The second-order valence-corrected chi connectivity index (χ2v) is 5.61. The van der Waals surface area contributed by atoms with E-state index in [2.05, 4.69) is 20.6 Å². The number of rotatable bonds is 2. The fourth-order valence-electron chi connectivity index (χ4n) is 2.43. The number of hydrogen-bond donors (Lipinski definition) is 2. The highest BCUT2D eigenvalue weighted by Gasteiger charge is 2.18. The van der Waals surface area contributed by atoms with E-state index in [1.807, 2.05) is 17.7 Å². The van der Waals surface area contributed by atoms with Crippen LogP contribution in [0.25, 0.3) is 11.0 Å². The first kappa shape index (κ1) is 13.8. The van der Waals surface area contributed by atoms with E-state index in [9.17, 15) is 4.79 Å². The largest absolute Gasteiger partial charge is 0.482 e. The van der Waals surface area contributed by atoms with E-state index in [0.717, 1.165) is 11.0 Å². The molecule has 1 aliphatic rings. The molecule has 1 amide bonds. The summed E-state index contributed by atoms with van der Waals surface area (Å²) in [5.41, 5.74) is 2.99. The Bertz CT molecular complexity index is 937. The number of aromatic nitrogens is 3. The zero-order valence-corrected chi connectivity index (χ0v) is 12.9. The molecule has 116 valence electrons. The minimum atomic E-state index is -0.197. The third kappa shape index (κ3) is 2.44. The lowest BCUT2D eigenvalue weighted by Crippen LogP contribution is -2.25. The van der Waals surface area contributed by atoms with Crippen LogP contribution < -0.4 is 15.4 Å². The maximum Gasteiger partial charge on any atom is 0.262 e. The van der Waals surface area contributed by atoms with Crippen LogP contribution in [0.3, 0.4) is 0 Å². The van der Waals surface area contributed by atoms with Crippen molar-refractivity contribution < 1.29 is 9.53 Å². The summed E-state index contributed by atoms with van der Waals surface area (Å²) in [7, 11) is 1.92. The maximum atomic E-state index is 11.3. The molecule has 4 rings (SSSR count). The van der Waals surface area contributed by atoms with E-state index in [0.29, 0.717) is 28.0 Å². The second-order valence-electron chi connectivity index (χ2n) is 5.20. The van der Waals surface area contributed by atoms with E-state index >= 15 is 0 Å². The van der Waals surface area contributed by atoms with Gasteiger partial charge in [0.25, 0.3) is 5.91 Å². The maximum absolute atomic E-state index is 11.3. The summed E-state index contributed by atoms with van der Waals surface area (Å²) in [4.78, 5) is 19.9. The molecule has 8 heteroatoms. The van der Waals surface area contributed by atoms with Gasteiger partial charge in [0.1, 0.15) is 17.1 Å². The van der Waals surface area contributed by atoms with Gasteiger partial charge in [0.15, 0.2) is 6.61 Å². The number of imidazole rings is 1. The standard InChI is InChI=1S/C15H12ClN5O2/c1-21-7-18-11-5-17-14(4-12(11)21)19-9-3-13-10(2-8(9)16)20-15(22)6-23-13/h2-5,7H,6H2,1H3,(H,17,19)(H,20,22). The van der Waals surface area contributed by atoms with Crippen LogP contribution in [0.1, 0.15) is 0 Å². The summed E-state index contributed by atoms with van der Waals surface area (Å²) in [6.45, 7) is -0.00665. The zero-order valence-electron chi connectivity index (χ0n) is 12.1. The molecule has 2 aromatic heterocycles. The van der Waals surface area contributed by atoms with Crippen LogP contribution in [0.5, 0.6) is 5.75 Å². The average molecular weight is 330 g/mol. The molecule has 1 aromatic carbocycles. The van der Waals surface area contributed by atoms with Crippen molar-refractivity contribution >= 4 is 45.7 Å². The first-order valence-electron chi connectivity index (χ1n) is 6.90. The van der Waals surface area contributed by atoms with Crippen LogP contribution in [0.4, 0.5) is 17.2 Å². The molecule has 2 N–H and O–H groups in total. The van der Waals surface area contributed by atoms with Crippen molar-refractivity contribution in [1.29, 1.82) is 0 Å². The number of fused-ring (bicyclic) bond motifs is 2. The van der Waals surface area contributed by atoms with Crippen LogP contribution in [0.15, 0.2) is 30.7 Å². The molecule has 0 radical (unpaired) electrons. The number of pyridine rings is 1. The van der Waals surface area contributed by atoms with Gasteiger partial charge in [-0.1, -0.05) is 11.6 Å². The second kappa shape index (κ2) is 5.13. The Labute approximate surface area is 136 Å². The number of amides is 1. The van der Waals surface area contributed by atoms with Gasteiger partial charge in [0.05, 0.1) is 34.4 Å². The monoisotopic (exact) mass is 329 g/mol. The van der Waals surface area contributed by atoms with Crippen LogP contribution in [-0.2, 0) is 11.8 Å². The molecule has 0 atom stereocenters. The first-order valence-corrected chi connectivity index (χ1v) is 7.28. The topological polar surface area (TPSA) is 81.1 Å². The van der Waals surface area contributed by atoms with Gasteiger partial charge in [0.2, 0.25) is 0 Å². The van der Waals surface area contributed by atoms with Crippen molar-refractivity contribution in [3.8, 4) is 5.75 Å². The molecule has 7 nitrogen and oxygen atoms in total. The van der Waals surface area contributed by atoms with Crippen LogP contribution >= 0.6 is 11.6 Å². The van der Waals surface area contributed by atoms with E-state index < -0.39 is 0 Å². The molecule has 0 fully saturated rings. The Morgan fingerprint density at radius 3 is 3.09 bits per heavy atom. The number of benzene rings is 1. The molecular weight excluding hydrogens is 318 g/mol. The zero-order chi connectivity index (χ0) is 16.0. The number of carbonyl (C=O) groups excluding carboxylic acids is 1. The molecule has 0 saturated carbocycles. The predicted octanol–water partition coefficient (Wildman–Crippen LogP) is 2.70. The van der Waals surface area contributed by atoms with Crippen LogP contribution in [0, 0.1) is 0 Å². The van der Waals surface area contributed by atoms with Gasteiger partial charge in [-0.05, 0) is 6.07 Å². The average Bonchev–Trinajstić information content (AvgIpc) is 2.89. The van der Waals surface area contributed by atoms with Gasteiger partial charge in [-0.3, -0.25) is 4.79 Å². The number of halogens is 1. The number of hydrogen-bond acceptors (Lipinski definition) is 5. The molecular formula is C15H12ClN5O2. The van der Waals surface area contributed by atoms with Crippen LogP contribution in [0.2, 0.25) is 5.02 Å². The Kier molecular flexibility index (Phi) is 3.09. The highest BCUT2D eigenvalue weighted by Crippen LogP contribution is 2.37. The summed E-state index contributed by atoms with van der Waals surface area (Å²) in [6.07, 6.45) is 3.43. The molecule has 23 heavy (non-hydrogen) atoms. The highest BCUT2D eigenvalue weighted by molar-refractivity contribution is 6.34. The molecule has 1 aliphatic heterocycles. The molecule has 0 aliphatic carbocycles. The van der Waals surface area contributed by atoms with Crippen molar-refractivity contribution in [3.63, 3.8) is 0 Å². The molecule has 3 aromatic rings. The smallest absolute Gasteiger partial charge is 0.262 e. The van der Waals surface area contributed by atoms with Crippen molar-refractivity contribution in [2.45, 2.75) is 0 Å². The number of aryl methyl sites for hydroxylation is 1. The summed E-state index contributed by atoms with van der Waals surface area (Å²) < 4.78 is 7.31. The van der Waals surface area contributed by atoms with E-state index in [-0.39, 0.29) is 12.5 Å². The number of ether oxygens (including phenoxy) is 1. The molecule has 0 unspecified atom stereocenters. The summed E-state index contributed by atoms with van der Waals surface area (Å²) >= 11 is 6.27. The Balaban J connectivity index is 1.70. The number of nitrogens with zero attached hydrogens (tertiary/aromatic N) is 3. The Morgan fingerprint density at radius 1 is 1.35 bits per heavy atom. The normalized spacial score (nSPS) is 13.4. The molecule has 3 heterocycles. The van der Waals surface area contributed by atoms with Gasteiger partial charge in [0, 0.05) is 19.2 Å². The summed E-state index contributed by atoms with van der Waals surface area (Å²) in [5, 5.41) is 6.34. The van der Waals surface area contributed by atoms with Crippen LogP contribution in [-0.4, -0.2) is 27.0 Å². The number of anilines is 3. The van der Waals surface area contributed by atoms with Gasteiger partial charge in [-0.15, -0.1) is 0 Å². The van der Waals surface area contributed by atoms with Gasteiger partial charge < -0.3 is 19.9 Å². The van der Waals surface area contributed by atoms with E-state index in [1.165, 1.54) is 0 Å². The minimum absolute atomic E-state index is 0.00665. The van der Waals surface area contributed by atoms with Gasteiger partial charge in [-0.2, -0.15) is 0 Å². The van der Waals surface area contributed by atoms with Crippen molar-refractivity contribution in [2.75, 3.05) is 17.2 Å². The molecule has 0 spiro atoms. The lowest BCUT2D eigenvalue weighted by Gasteiger charge is -2.19. The summed E-state index contributed by atoms with van der Waals surface area (Å²) in [6, 6.07) is 5.28. The fourth-order valence-corrected chi connectivity index (χ4v) is 2.64. The predicted molar refractivity (Wildman–Crippen MR) is 87.4 cm³/mol. The quantitative estimate of drug-likeness (QED) is 0.755. The summed E-state index contributed by atoms with van der Waals surface area (Å²) in [5.74, 6) is 1.01. The SMILES string of the molecule is Cn1cnc2cnc(Nc3cc4c(cc3Cl)NC(=O)CO4)cc21. The van der Waals surface area contributed by atoms with E-state index in [4.69, 9.17) is 16.3 Å². The number of carbonyl (C=O) groups is 1. The Morgan fingerprint density at radius 2 is 2.22 bits per heavy atom. The third-order valence-electron chi connectivity index (χ3n) is 3.58. The molecule has 0 bridgehead atoms. The lowest BCUT2D eigenvalue weighted by atomic mass is 10.2. The molecule has 0 saturated heterocycles. The van der Waals surface area contributed by atoms with Crippen molar-refractivity contribution in [1.82, 2.24) is 14.5 Å². The fraction of sp³-hybridized carbons (Fsp3) is 0.133. The lowest BCUT2D eigenvalue weighted by molar-refractivity contribution is -0.118. The third-order valence-corrected chi connectivity index (χ3v) is 3.89. The van der Waals surface area contributed by atoms with E-state index in [1.54, 1.807) is 24.7 Å². The van der Waals surface area contributed by atoms with Crippen molar-refractivity contribution in [3.05, 3.63) is 35.7 Å². The van der Waals surface area contributed by atoms with Crippen molar-refractivity contribution in [2.24, 2.45) is 7.05 Å².